The Labute approximate surface area is 189 Å². The first kappa shape index (κ1) is 22.4. The van der Waals surface area contributed by atoms with Crippen LogP contribution in [-0.2, 0) is 6.18 Å². The summed E-state index contributed by atoms with van der Waals surface area (Å²) in [6.45, 7) is 1.66. The van der Waals surface area contributed by atoms with Gasteiger partial charge >= 0.3 is 6.18 Å². The van der Waals surface area contributed by atoms with Crippen molar-refractivity contribution in [2.45, 2.75) is 6.18 Å². The Morgan fingerprint density at radius 3 is 2.41 bits per heavy atom. The Bertz CT molecular complexity index is 1130. The molecule has 1 aliphatic heterocycles. The molecule has 0 spiro atoms. The van der Waals surface area contributed by atoms with Gasteiger partial charge in [0.25, 0.3) is 5.91 Å². The van der Waals surface area contributed by atoms with Crippen molar-refractivity contribution in [3.05, 3.63) is 64.7 Å². The first-order chi connectivity index (χ1) is 15.2. The second-order valence-electron chi connectivity index (χ2n) is 6.89. The van der Waals surface area contributed by atoms with E-state index in [2.05, 4.69) is 20.5 Å². The third-order valence-corrected chi connectivity index (χ3v) is 6.03. The van der Waals surface area contributed by atoms with E-state index in [0.29, 0.717) is 9.70 Å². The van der Waals surface area contributed by atoms with E-state index in [-0.39, 0.29) is 11.4 Å². The van der Waals surface area contributed by atoms with E-state index in [1.165, 1.54) is 6.07 Å². The summed E-state index contributed by atoms with van der Waals surface area (Å²) in [5.41, 5.74) is -1.34. The van der Waals surface area contributed by atoms with Crippen molar-refractivity contribution in [1.82, 2.24) is 15.0 Å². The van der Waals surface area contributed by atoms with Crippen LogP contribution >= 0.6 is 23.4 Å². The minimum absolute atomic E-state index is 0.0858. The van der Waals surface area contributed by atoms with Crippen LogP contribution in [0.25, 0.3) is 5.69 Å². The van der Waals surface area contributed by atoms with Gasteiger partial charge in [-0.15, -0.1) is 5.10 Å². The molecule has 1 aromatic heterocycles. The molecule has 168 valence electrons. The van der Waals surface area contributed by atoms with E-state index in [0.717, 1.165) is 54.5 Å². The van der Waals surface area contributed by atoms with E-state index in [1.54, 1.807) is 12.1 Å². The molecule has 12 heteroatoms. The van der Waals surface area contributed by atoms with Crippen LogP contribution in [0.3, 0.4) is 0 Å². The number of rotatable bonds is 4. The Morgan fingerprint density at radius 2 is 1.78 bits per heavy atom. The summed E-state index contributed by atoms with van der Waals surface area (Å²) < 4.78 is 54.8. The SMILES string of the molecule is O=C(Nc1ccc(N2CCSCC2)c(Cl)c1)c1nnn(-c2ccc(F)cc2)c1C(F)(F)F. The molecule has 2 heterocycles. The molecule has 1 saturated heterocycles. The number of hydrogen-bond acceptors (Lipinski definition) is 5. The second-order valence-corrected chi connectivity index (χ2v) is 8.52. The van der Waals surface area contributed by atoms with Crippen LogP contribution in [0.4, 0.5) is 28.9 Å². The van der Waals surface area contributed by atoms with Crippen molar-refractivity contribution in [3.63, 3.8) is 0 Å². The quantitative estimate of drug-likeness (QED) is 0.533. The van der Waals surface area contributed by atoms with Crippen molar-refractivity contribution in [2.75, 3.05) is 34.8 Å². The monoisotopic (exact) mass is 485 g/mol. The highest BCUT2D eigenvalue weighted by Crippen LogP contribution is 2.34. The molecule has 0 saturated carbocycles. The van der Waals surface area contributed by atoms with Crippen LogP contribution in [-0.4, -0.2) is 45.5 Å². The van der Waals surface area contributed by atoms with E-state index >= 15 is 0 Å². The van der Waals surface area contributed by atoms with Gasteiger partial charge in [-0.2, -0.15) is 24.9 Å². The largest absolute Gasteiger partial charge is 0.435 e. The molecule has 6 nitrogen and oxygen atoms in total. The molecule has 1 N–H and O–H groups in total. The van der Waals surface area contributed by atoms with Gasteiger partial charge in [-0.05, 0) is 42.5 Å². The number of carbonyl (C=O) groups is 1. The molecule has 0 bridgehead atoms. The van der Waals surface area contributed by atoms with Gasteiger partial charge in [-0.25, -0.2) is 9.07 Å². The number of nitrogens with one attached hydrogen (secondary N) is 1. The fourth-order valence-corrected chi connectivity index (χ4v) is 4.49. The predicted molar refractivity (Wildman–Crippen MR) is 115 cm³/mol. The molecule has 32 heavy (non-hydrogen) atoms. The average molecular weight is 486 g/mol. The number of benzene rings is 2. The van der Waals surface area contributed by atoms with Gasteiger partial charge < -0.3 is 10.2 Å². The Morgan fingerprint density at radius 1 is 1.09 bits per heavy atom. The standard InChI is InChI=1S/C20H16ClF4N5OS/c21-15-11-13(3-6-16(15)29-7-9-32-10-8-29)26-19(31)17-18(20(23,24)25)30(28-27-17)14-4-1-12(22)2-5-14/h1-6,11H,7-10H2,(H,26,31). The number of alkyl halides is 3. The molecule has 2 aromatic carbocycles. The predicted octanol–water partition coefficient (Wildman–Crippen LogP) is 4.88. The molecular weight excluding hydrogens is 470 g/mol. The van der Waals surface area contributed by atoms with Gasteiger partial charge in [-0.3, -0.25) is 4.79 Å². The highest BCUT2D eigenvalue weighted by atomic mass is 35.5. The molecule has 4 rings (SSSR count). The molecule has 1 fully saturated rings. The number of anilines is 2. The minimum atomic E-state index is -4.93. The van der Waals surface area contributed by atoms with Crippen molar-refractivity contribution >= 4 is 40.6 Å². The Hall–Kier alpha value is -2.79. The lowest BCUT2D eigenvalue weighted by atomic mass is 10.2. The highest BCUT2D eigenvalue weighted by Gasteiger charge is 2.42. The summed E-state index contributed by atoms with van der Waals surface area (Å²) >= 11 is 8.20. The number of amides is 1. The van der Waals surface area contributed by atoms with Crippen LogP contribution in [0.15, 0.2) is 42.5 Å². The lowest BCUT2D eigenvalue weighted by Gasteiger charge is -2.29. The molecule has 0 radical (unpaired) electrons. The second kappa shape index (κ2) is 8.99. The molecule has 0 unspecified atom stereocenters. The summed E-state index contributed by atoms with van der Waals surface area (Å²) in [6, 6.07) is 8.96. The normalized spacial score (nSPS) is 14.5. The zero-order valence-corrected chi connectivity index (χ0v) is 17.9. The van der Waals surface area contributed by atoms with E-state index < -0.39 is 29.3 Å². The fourth-order valence-electron chi connectivity index (χ4n) is 3.29. The maximum absolute atomic E-state index is 13.7. The Kier molecular flexibility index (Phi) is 6.29. The highest BCUT2D eigenvalue weighted by molar-refractivity contribution is 7.99. The van der Waals surface area contributed by atoms with Crippen LogP contribution < -0.4 is 10.2 Å². The fraction of sp³-hybridized carbons (Fsp3) is 0.250. The maximum Gasteiger partial charge on any atom is 0.435 e. The van der Waals surface area contributed by atoms with Gasteiger partial charge in [0.15, 0.2) is 11.4 Å². The summed E-state index contributed by atoms with van der Waals surface area (Å²) in [5.74, 6) is 0.227. The number of nitrogens with zero attached hydrogens (tertiary/aromatic N) is 4. The minimum Gasteiger partial charge on any atom is -0.369 e. The smallest absolute Gasteiger partial charge is 0.369 e. The van der Waals surface area contributed by atoms with E-state index in [1.807, 2.05) is 11.8 Å². The van der Waals surface area contributed by atoms with Gasteiger partial charge in [0.1, 0.15) is 5.82 Å². The van der Waals surface area contributed by atoms with E-state index in [4.69, 9.17) is 11.6 Å². The van der Waals surface area contributed by atoms with Crippen molar-refractivity contribution < 1.29 is 22.4 Å². The third kappa shape index (κ3) is 4.68. The topological polar surface area (TPSA) is 63.1 Å². The zero-order valence-electron chi connectivity index (χ0n) is 16.4. The molecule has 1 aliphatic rings. The molecule has 0 atom stereocenters. The van der Waals surface area contributed by atoms with Crippen molar-refractivity contribution in [3.8, 4) is 5.69 Å². The van der Waals surface area contributed by atoms with E-state index in [9.17, 15) is 22.4 Å². The first-order valence-corrected chi connectivity index (χ1v) is 11.0. The number of aromatic nitrogens is 3. The van der Waals surface area contributed by atoms with Gasteiger partial charge in [0, 0.05) is 30.3 Å². The lowest BCUT2D eigenvalue weighted by molar-refractivity contribution is -0.143. The number of carbonyl (C=O) groups excluding carboxylic acids is 1. The number of halogens is 5. The Balaban J connectivity index is 1.61. The van der Waals surface area contributed by atoms with Crippen LogP contribution in [0.2, 0.25) is 5.02 Å². The number of hydrogen-bond donors (Lipinski definition) is 1. The van der Waals surface area contributed by atoms with Gasteiger partial charge in [0.05, 0.1) is 16.4 Å². The summed E-state index contributed by atoms with van der Waals surface area (Å²) in [4.78, 5) is 14.7. The van der Waals surface area contributed by atoms with Crippen molar-refractivity contribution in [1.29, 1.82) is 0 Å². The van der Waals surface area contributed by atoms with Gasteiger partial charge in [-0.1, -0.05) is 16.8 Å². The van der Waals surface area contributed by atoms with Crippen LogP contribution in [0.5, 0.6) is 0 Å². The summed E-state index contributed by atoms with van der Waals surface area (Å²) in [6.07, 6.45) is -4.93. The average Bonchev–Trinajstić information content (AvgIpc) is 3.21. The maximum atomic E-state index is 13.7. The molecule has 1 amide bonds. The summed E-state index contributed by atoms with van der Waals surface area (Å²) in [5, 5.41) is 9.67. The summed E-state index contributed by atoms with van der Waals surface area (Å²) in [7, 11) is 0. The molecular formula is C20H16ClF4N5OS. The lowest BCUT2D eigenvalue weighted by Crippen LogP contribution is -2.32. The van der Waals surface area contributed by atoms with Crippen LogP contribution in [0.1, 0.15) is 16.2 Å². The van der Waals surface area contributed by atoms with Gasteiger partial charge in [0.2, 0.25) is 0 Å². The molecule has 0 aliphatic carbocycles. The zero-order chi connectivity index (χ0) is 22.9. The number of thioether (sulfide) groups is 1. The first-order valence-electron chi connectivity index (χ1n) is 9.46. The molecule has 3 aromatic rings. The van der Waals surface area contributed by atoms with Crippen molar-refractivity contribution in [2.24, 2.45) is 0 Å². The van der Waals surface area contributed by atoms with Crippen LogP contribution in [0, 0.1) is 5.82 Å². The third-order valence-electron chi connectivity index (χ3n) is 4.78.